The number of nitrogens with two attached hydrogens (primary N) is 1. The molecule has 0 fully saturated rings. The van der Waals surface area contributed by atoms with Gasteiger partial charge in [-0.3, -0.25) is 14.4 Å². The van der Waals surface area contributed by atoms with Gasteiger partial charge in [-0.15, -0.1) is 0 Å². The number of carbonyl (C=O) groups excluding carboxylic acids is 3. The van der Waals surface area contributed by atoms with Gasteiger partial charge in [0.1, 0.15) is 11.7 Å². The molecule has 0 atom stereocenters. The number of benzene rings is 1. The first-order chi connectivity index (χ1) is 18.7. The van der Waals surface area contributed by atoms with E-state index in [1.165, 1.54) is 12.0 Å². The van der Waals surface area contributed by atoms with E-state index < -0.39 is 6.09 Å². The second-order valence-electron chi connectivity index (χ2n) is 9.14. The summed E-state index contributed by atoms with van der Waals surface area (Å²) in [7, 11) is 0. The van der Waals surface area contributed by atoms with Gasteiger partial charge in [-0.2, -0.15) is 0 Å². The van der Waals surface area contributed by atoms with Crippen molar-refractivity contribution in [3.8, 4) is 11.1 Å². The van der Waals surface area contributed by atoms with Crippen LogP contribution >= 0.6 is 0 Å². The second kappa shape index (κ2) is 14.0. The van der Waals surface area contributed by atoms with E-state index in [2.05, 4.69) is 25.6 Å². The highest BCUT2D eigenvalue weighted by Crippen LogP contribution is 2.31. The fourth-order valence-electron chi connectivity index (χ4n) is 3.66. The van der Waals surface area contributed by atoms with Gasteiger partial charge in [0.25, 0.3) is 5.91 Å². The van der Waals surface area contributed by atoms with E-state index in [4.69, 9.17) is 15.3 Å². The summed E-state index contributed by atoms with van der Waals surface area (Å²) < 4.78 is 5.02. The van der Waals surface area contributed by atoms with E-state index in [9.17, 15) is 14.4 Å². The minimum atomic E-state index is -0.541. The first-order valence-corrected chi connectivity index (χ1v) is 12.8. The molecule has 1 aliphatic heterocycles. The van der Waals surface area contributed by atoms with Crippen LogP contribution in [0.2, 0.25) is 0 Å². The lowest BCUT2D eigenvalue weighted by Gasteiger charge is -2.22. The molecule has 0 radical (unpaired) electrons. The number of hydrogen-bond acceptors (Lipinski definition) is 9. The third kappa shape index (κ3) is 8.88. The van der Waals surface area contributed by atoms with Crippen molar-refractivity contribution in [2.75, 3.05) is 19.7 Å². The van der Waals surface area contributed by atoms with E-state index >= 15 is 0 Å². The van der Waals surface area contributed by atoms with E-state index in [-0.39, 0.29) is 44.0 Å². The van der Waals surface area contributed by atoms with E-state index in [1.54, 1.807) is 32.3 Å². The number of alkyl carbamates (subject to hydrolysis) is 1. The standard InChI is InChI=1S/C27H35N7O5/c1-5-9-34(38-10-8-29-27(37)39-17(2)3)26(36)21-11-20-7-6-19(12-23(20)33-24(28)13-21)22-14-31-25(32-15-22)16-30-18(4)35/h6-7,11-12,14-15,17H,5,8-10,13,16H2,1-4H3,(H2,28,33)(H,29,37)(H,30,35). The number of amidine groups is 1. The molecule has 39 heavy (non-hydrogen) atoms. The number of carbonyl (C=O) groups is 3. The highest BCUT2D eigenvalue weighted by Gasteiger charge is 2.22. The Morgan fingerprint density at radius 3 is 2.54 bits per heavy atom. The molecule has 12 nitrogen and oxygen atoms in total. The summed E-state index contributed by atoms with van der Waals surface area (Å²) in [6, 6.07) is 5.62. The number of amides is 3. The Balaban J connectivity index is 1.72. The summed E-state index contributed by atoms with van der Waals surface area (Å²) in [6.07, 6.45) is 5.19. The zero-order valence-electron chi connectivity index (χ0n) is 22.7. The Hall–Kier alpha value is -4.32. The smallest absolute Gasteiger partial charge is 0.407 e. The topological polar surface area (TPSA) is 161 Å². The van der Waals surface area contributed by atoms with Gasteiger partial charge < -0.3 is 21.1 Å². The number of fused-ring (bicyclic) bond motifs is 1. The van der Waals surface area contributed by atoms with Crippen molar-refractivity contribution in [3.05, 3.63) is 47.6 Å². The molecule has 2 heterocycles. The third-order valence-corrected chi connectivity index (χ3v) is 5.42. The van der Waals surface area contributed by atoms with Crippen LogP contribution in [0, 0.1) is 0 Å². The molecule has 0 saturated carbocycles. The maximum Gasteiger partial charge on any atom is 0.407 e. The Labute approximate surface area is 227 Å². The molecule has 0 unspecified atom stereocenters. The van der Waals surface area contributed by atoms with E-state index in [0.29, 0.717) is 35.9 Å². The number of aromatic nitrogens is 2. The molecular formula is C27H35N7O5. The maximum absolute atomic E-state index is 13.4. The van der Waals surface area contributed by atoms with Crippen LogP contribution in [0.25, 0.3) is 17.2 Å². The predicted octanol–water partition coefficient (Wildman–Crippen LogP) is 2.86. The van der Waals surface area contributed by atoms with E-state index in [1.807, 2.05) is 25.1 Å². The Morgan fingerprint density at radius 2 is 1.87 bits per heavy atom. The van der Waals surface area contributed by atoms with Crippen LogP contribution < -0.4 is 16.4 Å². The number of nitrogens with one attached hydrogen (secondary N) is 2. The Bertz CT molecular complexity index is 1240. The van der Waals surface area contributed by atoms with Crippen LogP contribution in [0.5, 0.6) is 0 Å². The van der Waals surface area contributed by atoms with Crippen molar-refractivity contribution in [2.45, 2.75) is 53.2 Å². The highest BCUT2D eigenvalue weighted by atomic mass is 16.7. The summed E-state index contributed by atoms with van der Waals surface area (Å²) in [5.74, 6) is 0.323. The monoisotopic (exact) mass is 537 g/mol. The number of ether oxygens (including phenoxy) is 1. The molecule has 4 N–H and O–H groups in total. The Morgan fingerprint density at radius 1 is 1.13 bits per heavy atom. The van der Waals surface area contributed by atoms with Crippen LogP contribution in [0.15, 0.2) is 41.2 Å². The summed E-state index contributed by atoms with van der Waals surface area (Å²) in [4.78, 5) is 54.9. The molecule has 3 amide bonds. The van der Waals surface area contributed by atoms with Crippen molar-refractivity contribution >= 4 is 35.5 Å². The van der Waals surface area contributed by atoms with Gasteiger partial charge in [0.2, 0.25) is 5.91 Å². The van der Waals surface area contributed by atoms with Gasteiger partial charge in [0.15, 0.2) is 0 Å². The second-order valence-corrected chi connectivity index (χ2v) is 9.14. The molecule has 0 aliphatic carbocycles. The van der Waals surface area contributed by atoms with Gasteiger partial charge in [0.05, 0.1) is 24.9 Å². The summed E-state index contributed by atoms with van der Waals surface area (Å²) in [5.41, 5.74) is 9.59. The fourth-order valence-corrected chi connectivity index (χ4v) is 3.66. The molecule has 1 aromatic heterocycles. The van der Waals surface area contributed by atoms with Crippen LogP contribution in [0.1, 0.15) is 51.9 Å². The predicted molar refractivity (Wildman–Crippen MR) is 146 cm³/mol. The van der Waals surface area contributed by atoms with Crippen molar-refractivity contribution in [3.63, 3.8) is 0 Å². The quantitative estimate of drug-likeness (QED) is 0.291. The molecule has 12 heteroatoms. The summed E-state index contributed by atoms with van der Waals surface area (Å²) in [5, 5.41) is 6.54. The SMILES string of the molecule is CCCN(OCCNC(=O)OC(C)C)C(=O)C1=Cc2ccc(-c3cnc(CNC(C)=O)nc3)cc2N=C(N)C1. The third-order valence-electron chi connectivity index (χ3n) is 5.42. The molecule has 0 saturated heterocycles. The van der Waals surface area contributed by atoms with Gasteiger partial charge in [0, 0.05) is 55.5 Å². The molecule has 3 rings (SSSR count). The summed E-state index contributed by atoms with van der Waals surface area (Å²) in [6.45, 7) is 7.79. The number of hydroxylamine groups is 2. The lowest BCUT2D eigenvalue weighted by Crippen LogP contribution is -2.37. The number of hydrogen-bond donors (Lipinski definition) is 3. The zero-order valence-corrected chi connectivity index (χ0v) is 22.7. The minimum absolute atomic E-state index is 0.0986. The van der Waals surface area contributed by atoms with Crippen LogP contribution in [0.3, 0.4) is 0 Å². The van der Waals surface area contributed by atoms with Crippen molar-refractivity contribution < 1.29 is 24.0 Å². The first-order valence-electron chi connectivity index (χ1n) is 12.8. The fraction of sp³-hybridized carbons (Fsp3) is 0.407. The van der Waals surface area contributed by atoms with Crippen LogP contribution in [-0.2, 0) is 25.7 Å². The van der Waals surface area contributed by atoms with Crippen LogP contribution in [-0.4, -0.2) is 64.6 Å². The van der Waals surface area contributed by atoms with Gasteiger partial charge in [-0.25, -0.2) is 24.8 Å². The molecule has 208 valence electrons. The lowest BCUT2D eigenvalue weighted by molar-refractivity contribution is -0.181. The maximum atomic E-state index is 13.4. The number of rotatable bonds is 11. The molecule has 2 aromatic rings. The van der Waals surface area contributed by atoms with Crippen molar-refractivity contribution in [1.82, 2.24) is 25.7 Å². The average Bonchev–Trinajstić information content (AvgIpc) is 3.06. The van der Waals surface area contributed by atoms with Crippen molar-refractivity contribution in [2.24, 2.45) is 10.7 Å². The highest BCUT2D eigenvalue weighted by molar-refractivity contribution is 6.05. The molecule has 1 aliphatic rings. The zero-order chi connectivity index (χ0) is 28.4. The first kappa shape index (κ1) is 29.2. The molecule has 0 spiro atoms. The normalized spacial score (nSPS) is 12.5. The lowest BCUT2D eigenvalue weighted by atomic mass is 10.0. The van der Waals surface area contributed by atoms with E-state index in [0.717, 1.165) is 16.7 Å². The number of aliphatic imine (C=N–C) groups is 1. The van der Waals surface area contributed by atoms with Gasteiger partial charge in [-0.05, 0) is 38.0 Å². The molecular weight excluding hydrogens is 502 g/mol. The Kier molecular flexibility index (Phi) is 10.5. The molecule has 1 aromatic carbocycles. The average molecular weight is 538 g/mol. The summed E-state index contributed by atoms with van der Waals surface area (Å²) >= 11 is 0. The largest absolute Gasteiger partial charge is 0.447 e. The minimum Gasteiger partial charge on any atom is -0.447 e. The van der Waals surface area contributed by atoms with Crippen molar-refractivity contribution in [1.29, 1.82) is 0 Å². The van der Waals surface area contributed by atoms with Crippen LogP contribution in [0.4, 0.5) is 10.5 Å². The molecule has 0 bridgehead atoms. The van der Waals surface area contributed by atoms with Gasteiger partial charge >= 0.3 is 6.09 Å². The van der Waals surface area contributed by atoms with Gasteiger partial charge in [-0.1, -0.05) is 19.1 Å². The number of nitrogens with zero attached hydrogens (tertiary/aromatic N) is 4.